The molecule has 7 N–H and O–H groups in total. The van der Waals surface area contributed by atoms with Gasteiger partial charge < -0.3 is 50.2 Å². The van der Waals surface area contributed by atoms with Crippen molar-refractivity contribution in [2.75, 3.05) is 13.2 Å². The van der Waals surface area contributed by atoms with Gasteiger partial charge in [-0.2, -0.15) is 0 Å². The van der Waals surface area contributed by atoms with E-state index in [2.05, 4.69) is 5.32 Å². The van der Waals surface area contributed by atoms with Crippen molar-refractivity contribution in [2.24, 2.45) is 0 Å². The van der Waals surface area contributed by atoms with Crippen molar-refractivity contribution < 1.29 is 49.6 Å². The van der Waals surface area contributed by atoms with E-state index < -0.39 is 67.8 Å². The molecule has 0 spiro atoms. The van der Waals surface area contributed by atoms with Crippen molar-refractivity contribution in [2.45, 2.75) is 62.2 Å². The predicted octanol–water partition coefficient (Wildman–Crippen LogP) is -4.61. The van der Waals surface area contributed by atoms with Crippen LogP contribution in [0.25, 0.3) is 0 Å². The Balaban J connectivity index is 2.12. The molecule has 0 bridgehead atoms. The molecule has 2 fully saturated rings. The zero-order chi connectivity index (χ0) is 18.0. The number of hydrogen-bond donors (Lipinski definition) is 7. The fourth-order valence-electron chi connectivity index (χ4n) is 2.66. The van der Waals surface area contributed by atoms with Crippen LogP contribution in [0.2, 0.25) is 0 Å². The van der Waals surface area contributed by atoms with E-state index in [1.165, 1.54) is 6.92 Å². The number of rotatable bonds is 4. The lowest BCUT2D eigenvalue weighted by Gasteiger charge is -2.44. The minimum Gasteiger partial charge on any atom is -0.394 e. The van der Waals surface area contributed by atoms with E-state index in [-0.39, 0.29) is 6.61 Å². The molecule has 2 rings (SSSR count). The minimum absolute atomic E-state index is 0.283. The summed E-state index contributed by atoms with van der Waals surface area (Å²) in [6.45, 7) is 0.289. The van der Waals surface area contributed by atoms with Crippen LogP contribution in [0.4, 0.5) is 0 Å². The number of carbonyl (C=O) groups excluding carboxylic acids is 1. The summed E-state index contributed by atoms with van der Waals surface area (Å²) in [5, 5.41) is 60.4. The van der Waals surface area contributed by atoms with Crippen molar-refractivity contribution in [3.63, 3.8) is 0 Å². The third-order valence-corrected chi connectivity index (χ3v) is 4.01. The molecule has 2 heterocycles. The number of nitrogens with one attached hydrogen (secondary N) is 1. The highest BCUT2D eigenvalue weighted by molar-refractivity contribution is 5.73. The predicted molar refractivity (Wildman–Crippen MR) is 74.2 cm³/mol. The molecule has 11 nitrogen and oxygen atoms in total. The number of aliphatic hydroxyl groups excluding tert-OH is 6. The zero-order valence-electron chi connectivity index (χ0n) is 12.9. The topological polar surface area (TPSA) is 178 Å². The van der Waals surface area contributed by atoms with E-state index in [9.17, 15) is 35.4 Å². The van der Waals surface area contributed by atoms with Crippen molar-refractivity contribution in [1.29, 1.82) is 0 Å². The highest BCUT2D eigenvalue weighted by atomic mass is 16.7. The molecule has 0 saturated carbocycles. The first-order valence-electron chi connectivity index (χ1n) is 7.47. The second-order valence-corrected chi connectivity index (χ2v) is 5.81. The Morgan fingerprint density at radius 2 is 1.79 bits per heavy atom. The lowest BCUT2D eigenvalue weighted by Crippen LogP contribution is -2.66. The minimum atomic E-state index is -1.62. The fraction of sp³-hybridized carbons (Fsp3) is 0.923. The van der Waals surface area contributed by atoms with Gasteiger partial charge in [0.15, 0.2) is 12.6 Å². The molecule has 0 radical (unpaired) electrons. The van der Waals surface area contributed by atoms with Gasteiger partial charge in [0.05, 0.1) is 13.2 Å². The summed E-state index contributed by atoms with van der Waals surface area (Å²) in [7, 11) is 0. The van der Waals surface area contributed by atoms with Crippen LogP contribution in [0, 0.1) is 0 Å². The van der Waals surface area contributed by atoms with Crippen molar-refractivity contribution in [3.8, 4) is 0 Å². The van der Waals surface area contributed by atoms with Crippen molar-refractivity contribution in [3.05, 3.63) is 0 Å². The molecular weight excluding hydrogens is 330 g/mol. The van der Waals surface area contributed by atoms with E-state index in [4.69, 9.17) is 14.2 Å². The van der Waals surface area contributed by atoms with Crippen LogP contribution in [0.3, 0.4) is 0 Å². The highest BCUT2D eigenvalue weighted by Gasteiger charge is 2.48. The lowest BCUT2D eigenvalue weighted by molar-refractivity contribution is -0.322. The van der Waals surface area contributed by atoms with Crippen LogP contribution in [0.1, 0.15) is 6.92 Å². The highest BCUT2D eigenvalue weighted by Crippen LogP contribution is 2.26. The van der Waals surface area contributed by atoms with E-state index >= 15 is 0 Å². The molecule has 0 aromatic heterocycles. The number of carbonyl (C=O) groups is 1. The van der Waals surface area contributed by atoms with Crippen LogP contribution in [0.5, 0.6) is 0 Å². The molecule has 0 aromatic carbocycles. The molecule has 140 valence electrons. The van der Waals surface area contributed by atoms with Crippen LogP contribution in [-0.4, -0.2) is 105 Å². The Bertz CT molecular complexity index is 437. The summed E-state index contributed by atoms with van der Waals surface area (Å²) in [4.78, 5) is 11.3. The number of amides is 1. The first-order chi connectivity index (χ1) is 11.3. The quantitative estimate of drug-likeness (QED) is 0.260. The van der Waals surface area contributed by atoms with Gasteiger partial charge in [0.2, 0.25) is 5.91 Å². The lowest BCUT2D eigenvalue weighted by atomic mass is 9.96. The van der Waals surface area contributed by atoms with Gasteiger partial charge in [-0.05, 0) is 0 Å². The van der Waals surface area contributed by atoms with Gasteiger partial charge in [-0.25, -0.2) is 0 Å². The van der Waals surface area contributed by atoms with Crippen molar-refractivity contribution in [1.82, 2.24) is 5.32 Å². The summed E-state index contributed by atoms with van der Waals surface area (Å²) in [6.07, 6.45) is -11.3. The molecule has 0 aromatic rings. The largest absolute Gasteiger partial charge is 0.394 e. The Hall–Kier alpha value is -0.890. The second kappa shape index (κ2) is 7.99. The number of hydrogen-bond acceptors (Lipinski definition) is 10. The van der Waals surface area contributed by atoms with Crippen molar-refractivity contribution >= 4 is 5.91 Å². The summed E-state index contributed by atoms with van der Waals surface area (Å²) in [5.41, 5.74) is 0. The molecule has 2 saturated heterocycles. The van der Waals surface area contributed by atoms with Crippen LogP contribution in [0.15, 0.2) is 0 Å². The molecule has 11 heteroatoms. The molecular formula is C13H23NO10. The van der Waals surface area contributed by atoms with Gasteiger partial charge in [-0.15, -0.1) is 0 Å². The van der Waals surface area contributed by atoms with Gasteiger partial charge in [0.25, 0.3) is 0 Å². The molecule has 1 unspecified atom stereocenters. The molecule has 2 aliphatic rings. The van der Waals surface area contributed by atoms with E-state index in [1.807, 2.05) is 0 Å². The maximum Gasteiger partial charge on any atom is 0.217 e. The van der Waals surface area contributed by atoms with Gasteiger partial charge in [-0.1, -0.05) is 0 Å². The third kappa shape index (κ3) is 4.02. The Labute approximate surface area is 137 Å². The number of aliphatic hydroxyl groups is 6. The van der Waals surface area contributed by atoms with Gasteiger partial charge in [-0.3, -0.25) is 4.79 Å². The average molecular weight is 353 g/mol. The Morgan fingerprint density at radius 3 is 2.38 bits per heavy atom. The smallest absolute Gasteiger partial charge is 0.217 e. The third-order valence-electron chi connectivity index (χ3n) is 4.01. The summed E-state index contributed by atoms with van der Waals surface area (Å²) in [5.74, 6) is -0.526. The summed E-state index contributed by atoms with van der Waals surface area (Å²) in [6, 6.07) is -1.18. The van der Waals surface area contributed by atoms with E-state index in [0.29, 0.717) is 0 Å². The van der Waals surface area contributed by atoms with E-state index in [1.54, 1.807) is 0 Å². The Morgan fingerprint density at radius 1 is 1.12 bits per heavy atom. The molecule has 24 heavy (non-hydrogen) atoms. The first kappa shape index (κ1) is 19.4. The van der Waals surface area contributed by atoms with Crippen LogP contribution < -0.4 is 5.32 Å². The Kier molecular flexibility index (Phi) is 6.47. The first-order valence-corrected chi connectivity index (χ1v) is 7.47. The van der Waals surface area contributed by atoms with Gasteiger partial charge in [0, 0.05) is 6.92 Å². The molecule has 0 aliphatic carbocycles. The van der Waals surface area contributed by atoms with Crippen LogP contribution in [-0.2, 0) is 19.0 Å². The summed E-state index contributed by atoms with van der Waals surface area (Å²) >= 11 is 0. The average Bonchev–Trinajstić information content (AvgIpc) is 2.54. The van der Waals surface area contributed by atoms with Crippen LogP contribution >= 0.6 is 0 Å². The fourth-order valence-corrected chi connectivity index (χ4v) is 2.66. The maximum absolute atomic E-state index is 11.3. The van der Waals surface area contributed by atoms with Gasteiger partial charge >= 0.3 is 0 Å². The SMILES string of the molecule is CC(=O)N[C@H]1[C@H](O[C@@H]2COC(O)[C@H](O)[C@@H]2O)O[C@H](CO)[C@@H](O)[C@@H]1O. The summed E-state index contributed by atoms with van der Waals surface area (Å²) < 4.78 is 15.6. The number of ether oxygens (including phenoxy) is 3. The second-order valence-electron chi connectivity index (χ2n) is 5.81. The van der Waals surface area contributed by atoms with Gasteiger partial charge in [0.1, 0.15) is 42.7 Å². The monoisotopic (exact) mass is 353 g/mol. The normalized spacial score (nSPS) is 46.5. The van der Waals surface area contributed by atoms with E-state index in [0.717, 1.165) is 0 Å². The molecule has 9 atom stereocenters. The zero-order valence-corrected chi connectivity index (χ0v) is 12.9. The maximum atomic E-state index is 11.3. The standard InChI is InChI=1S/C13H23NO10/c1-4(16)14-7-10(19)8(17)5(2-15)23-13(7)24-6-3-22-12(21)11(20)9(6)18/h5-13,15,17-21H,2-3H2,1H3,(H,14,16)/t5-,6-,7-,8-,9-,10-,11-,12?,13+/m1/s1. The molecule has 2 aliphatic heterocycles. The molecule has 1 amide bonds.